The highest BCUT2D eigenvalue weighted by atomic mass is 16.3. The largest absolute Gasteiger partial charge is 0.469 e. The van der Waals surface area contributed by atoms with Crippen LogP contribution in [0.15, 0.2) is 22.8 Å². The van der Waals surface area contributed by atoms with Crippen LogP contribution in [0.2, 0.25) is 0 Å². The first-order valence-corrected chi connectivity index (χ1v) is 7.22. The van der Waals surface area contributed by atoms with Gasteiger partial charge in [0, 0.05) is 30.6 Å². The van der Waals surface area contributed by atoms with Gasteiger partial charge in [-0.1, -0.05) is 0 Å². The second-order valence-electron chi connectivity index (χ2n) is 5.34. The molecule has 0 saturated heterocycles. The summed E-state index contributed by atoms with van der Waals surface area (Å²) in [5.41, 5.74) is 2.90. The fourth-order valence-electron chi connectivity index (χ4n) is 2.84. The van der Waals surface area contributed by atoms with Crippen molar-refractivity contribution in [3.63, 3.8) is 0 Å². The standard InChI is InChI=1S/C16H18N2O3/c1-10-14-12(5-2-6-13(14)19)18-15(10)16(20)17-8-7-11-4-3-9-21-11/h3-4,9,18H,2,5-8H2,1H3,(H,17,20). The van der Waals surface area contributed by atoms with E-state index in [0.717, 1.165) is 35.4 Å². The van der Waals surface area contributed by atoms with E-state index in [1.54, 1.807) is 6.26 Å². The lowest BCUT2D eigenvalue weighted by Crippen LogP contribution is -2.26. The number of ketones is 1. The van der Waals surface area contributed by atoms with Crippen molar-refractivity contribution in [2.75, 3.05) is 6.54 Å². The molecule has 3 rings (SSSR count). The summed E-state index contributed by atoms with van der Waals surface area (Å²) in [4.78, 5) is 27.3. The minimum Gasteiger partial charge on any atom is -0.469 e. The maximum Gasteiger partial charge on any atom is 0.268 e. The predicted molar refractivity (Wildman–Crippen MR) is 77.5 cm³/mol. The first kappa shape index (κ1) is 13.7. The number of aromatic nitrogens is 1. The quantitative estimate of drug-likeness (QED) is 0.906. The zero-order valence-corrected chi connectivity index (χ0v) is 12.0. The third-order valence-corrected chi connectivity index (χ3v) is 3.90. The lowest BCUT2D eigenvalue weighted by atomic mass is 9.94. The van der Waals surface area contributed by atoms with E-state index in [1.165, 1.54) is 0 Å². The second kappa shape index (κ2) is 5.60. The normalized spacial score (nSPS) is 14.0. The lowest BCUT2D eigenvalue weighted by Gasteiger charge is -2.09. The number of carbonyl (C=O) groups excluding carboxylic acids is 2. The molecule has 0 saturated carbocycles. The molecular formula is C16H18N2O3. The van der Waals surface area contributed by atoms with E-state index >= 15 is 0 Å². The summed E-state index contributed by atoms with van der Waals surface area (Å²) in [5.74, 6) is 0.814. The molecule has 5 heteroatoms. The third kappa shape index (κ3) is 2.63. The Morgan fingerprint density at radius 2 is 2.29 bits per heavy atom. The molecule has 0 radical (unpaired) electrons. The van der Waals surface area contributed by atoms with Crippen LogP contribution in [0.1, 0.15) is 50.7 Å². The number of Topliss-reactive ketones (excluding diaryl/α,β-unsaturated/α-hetero) is 1. The monoisotopic (exact) mass is 286 g/mol. The van der Waals surface area contributed by atoms with E-state index in [9.17, 15) is 9.59 Å². The van der Waals surface area contributed by atoms with Gasteiger partial charge in [-0.05, 0) is 37.5 Å². The molecule has 0 aliphatic heterocycles. The fraction of sp³-hybridized carbons (Fsp3) is 0.375. The number of H-pyrrole nitrogens is 1. The number of nitrogens with one attached hydrogen (secondary N) is 2. The van der Waals surface area contributed by atoms with Crippen molar-refractivity contribution in [3.8, 4) is 0 Å². The van der Waals surface area contributed by atoms with Crippen LogP contribution in [0.25, 0.3) is 0 Å². The molecule has 0 unspecified atom stereocenters. The molecule has 21 heavy (non-hydrogen) atoms. The highest BCUT2D eigenvalue weighted by molar-refractivity contribution is 6.04. The molecule has 2 aromatic heterocycles. The molecule has 2 aromatic rings. The first-order chi connectivity index (χ1) is 10.2. The second-order valence-corrected chi connectivity index (χ2v) is 5.34. The molecule has 2 heterocycles. The Labute approximate surface area is 122 Å². The maximum atomic E-state index is 12.2. The Kier molecular flexibility index (Phi) is 3.64. The highest BCUT2D eigenvalue weighted by Crippen LogP contribution is 2.26. The number of amides is 1. The summed E-state index contributed by atoms with van der Waals surface area (Å²) >= 11 is 0. The van der Waals surface area contributed by atoms with Crippen molar-refractivity contribution < 1.29 is 14.0 Å². The smallest absolute Gasteiger partial charge is 0.268 e. The van der Waals surface area contributed by atoms with Crippen LogP contribution in [0, 0.1) is 6.92 Å². The number of hydrogen-bond donors (Lipinski definition) is 2. The Morgan fingerprint density at radius 1 is 1.43 bits per heavy atom. The number of rotatable bonds is 4. The summed E-state index contributed by atoms with van der Waals surface area (Å²) in [5, 5.41) is 2.86. The summed E-state index contributed by atoms with van der Waals surface area (Å²) in [6.07, 6.45) is 4.53. The maximum absolute atomic E-state index is 12.2. The number of aryl methyl sites for hydroxylation is 1. The minimum absolute atomic E-state index is 0.139. The Morgan fingerprint density at radius 3 is 3.00 bits per heavy atom. The zero-order valence-electron chi connectivity index (χ0n) is 12.0. The number of furan rings is 1. The van der Waals surface area contributed by atoms with Crippen molar-refractivity contribution in [2.45, 2.75) is 32.6 Å². The first-order valence-electron chi connectivity index (χ1n) is 7.22. The van der Waals surface area contributed by atoms with Gasteiger partial charge in [0.2, 0.25) is 0 Å². The van der Waals surface area contributed by atoms with Crippen LogP contribution in [0.5, 0.6) is 0 Å². The minimum atomic E-state index is -0.166. The van der Waals surface area contributed by atoms with Crippen LogP contribution in [-0.4, -0.2) is 23.2 Å². The van der Waals surface area contributed by atoms with Crippen molar-refractivity contribution >= 4 is 11.7 Å². The molecule has 1 aliphatic rings. The van der Waals surface area contributed by atoms with Crippen molar-refractivity contribution in [2.24, 2.45) is 0 Å². The van der Waals surface area contributed by atoms with Gasteiger partial charge in [0.1, 0.15) is 11.5 Å². The molecule has 0 bridgehead atoms. The van der Waals surface area contributed by atoms with Crippen LogP contribution in [-0.2, 0) is 12.8 Å². The van der Waals surface area contributed by atoms with Gasteiger partial charge in [-0.25, -0.2) is 0 Å². The van der Waals surface area contributed by atoms with Gasteiger partial charge in [0.25, 0.3) is 5.91 Å². The van der Waals surface area contributed by atoms with Crippen molar-refractivity contribution in [1.29, 1.82) is 0 Å². The van der Waals surface area contributed by atoms with Crippen LogP contribution < -0.4 is 5.32 Å². The van der Waals surface area contributed by atoms with E-state index in [-0.39, 0.29) is 11.7 Å². The van der Waals surface area contributed by atoms with E-state index in [0.29, 0.717) is 25.1 Å². The number of aromatic amines is 1. The third-order valence-electron chi connectivity index (χ3n) is 3.90. The molecule has 0 aromatic carbocycles. The molecule has 0 fully saturated rings. The van der Waals surface area contributed by atoms with Crippen LogP contribution >= 0.6 is 0 Å². The number of hydrogen-bond acceptors (Lipinski definition) is 3. The Balaban J connectivity index is 1.69. The van der Waals surface area contributed by atoms with E-state index in [4.69, 9.17) is 4.42 Å². The Hall–Kier alpha value is -2.30. The molecule has 1 amide bonds. The highest BCUT2D eigenvalue weighted by Gasteiger charge is 2.26. The fourth-order valence-corrected chi connectivity index (χ4v) is 2.84. The number of carbonyl (C=O) groups is 2. The van der Waals surface area contributed by atoms with Gasteiger partial charge in [-0.15, -0.1) is 0 Å². The molecular weight excluding hydrogens is 268 g/mol. The van der Waals surface area contributed by atoms with E-state index in [1.807, 2.05) is 19.1 Å². The van der Waals surface area contributed by atoms with Gasteiger partial charge in [-0.2, -0.15) is 0 Å². The van der Waals surface area contributed by atoms with E-state index < -0.39 is 0 Å². The van der Waals surface area contributed by atoms with Crippen LogP contribution in [0.3, 0.4) is 0 Å². The van der Waals surface area contributed by atoms with Crippen molar-refractivity contribution in [1.82, 2.24) is 10.3 Å². The average molecular weight is 286 g/mol. The van der Waals surface area contributed by atoms with Gasteiger partial charge < -0.3 is 14.7 Å². The topological polar surface area (TPSA) is 75.1 Å². The zero-order chi connectivity index (χ0) is 14.8. The summed E-state index contributed by atoms with van der Waals surface area (Å²) in [7, 11) is 0. The molecule has 5 nitrogen and oxygen atoms in total. The Bertz CT molecular complexity index is 668. The summed E-state index contributed by atoms with van der Waals surface area (Å²) in [6.45, 7) is 2.34. The number of fused-ring (bicyclic) bond motifs is 1. The molecule has 2 N–H and O–H groups in total. The predicted octanol–water partition coefficient (Wildman–Crippen LogP) is 2.41. The molecule has 0 spiro atoms. The van der Waals surface area contributed by atoms with Crippen molar-refractivity contribution in [3.05, 3.63) is 46.7 Å². The molecule has 1 aliphatic carbocycles. The molecule has 0 atom stereocenters. The summed E-state index contributed by atoms with van der Waals surface area (Å²) in [6, 6.07) is 3.70. The van der Waals surface area contributed by atoms with Gasteiger partial charge in [-0.3, -0.25) is 9.59 Å². The van der Waals surface area contributed by atoms with E-state index in [2.05, 4.69) is 10.3 Å². The van der Waals surface area contributed by atoms with Gasteiger partial charge in [0.05, 0.1) is 6.26 Å². The lowest BCUT2D eigenvalue weighted by molar-refractivity contribution is 0.0947. The summed E-state index contributed by atoms with van der Waals surface area (Å²) < 4.78 is 5.22. The van der Waals surface area contributed by atoms with Gasteiger partial charge in [0.15, 0.2) is 5.78 Å². The molecule has 110 valence electrons. The SMILES string of the molecule is Cc1c(C(=O)NCCc2ccco2)[nH]c2c1C(=O)CCC2. The van der Waals surface area contributed by atoms with Gasteiger partial charge >= 0.3 is 0 Å². The van der Waals surface area contributed by atoms with Crippen LogP contribution in [0.4, 0.5) is 0 Å². The average Bonchev–Trinajstić information content (AvgIpc) is 3.08.